The molecule has 0 radical (unpaired) electrons. The Labute approximate surface area is 201 Å². The van der Waals surface area contributed by atoms with Gasteiger partial charge in [-0.2, -0.15) is 5.10 Å². The Balaban J connectivity index is 1.65. The van der Waals surface area contributed by atoms with Crippen LogP contribution in [0.5, 0.6) is 17.4 Å². The van der Waals surface area contributed by atoms with Gasteiger partial charge in [0.2, 0.25) is 5.88 Å². The van der Waals surface area contributed by atoms with Crippen LogP contribution in [0.15, 0.2) is 67.3 Å². The lowest BCUT2D eigenvalue weighted by atomic mass is 10.2. The Morgan fingerprint density at radius 3 is 2.53 bits per heavy atom. The summed E-state index contributed by atoms with van der Waals surface area (Å²) < 4.78 is 19.3. The van der Waals surface area contributed by atoms with E-state index in [4.69, 9.17) is 19.3 Å². The summed E-state index contributed by atoms with van der Waals surface area (Å²) in [6.07, 6.45) is 3.35. The third-order valence-electron chi connectivity index (χ3n) is 5.83. The fourth-order valence-electron chi connectivity index (χ4n) is 3.97. The molecular formula is C27H33N3O4. The average molecular weight is 464 g/mol. The molecule has 34 heavy (non-hydrogen) atoms. The molecule has 0 bridgehead atoms. The fraction of sp³-hybridized carbons (Fsp3) is 0.370. The highest BCUT2D eigenvalue weighted by Gasteiger charge is 2.32. The van der Waals surface area contributed by atoms with Gasteiger partial charge < -0.3 is 19.3 Å². The van der Waals surface area contributed by atoms with Crippen molar-refractivity contribution in [1.29, 1.82) is 0 Å². The summed E-state index contributed by atoms with van der Waals surface area (Å²) in [7, 11) is 1.63. The molecule has 1 fully saturated rings. The van der Waals surface area contributed by atoms with Gasteiger partial charge in [0.1, 0.15) is 0 Å². The van der Waals surface area contributed by atoms with Gasteiger partial charge in [-0.05, 0) is 44.0 Å². The van der Waals surface area contributed by atoms with E-state index in [0.29, 0.717) is 43.1 Å². The first-order valence-electron chi connectivity index (χ1n) is 11.7. The highest BCUT2D eigenvalue weighted by Crippen LogP contribution is 2.37. The van der Waals surface area contributed by atoms with Crippen LogP contribution in [-0.4, -0.2) is 58.8 Å². The zero-order valence-electron chi connectivity index (χ0n) is 19.9. The molecule has 1 aliphatic rings. The third-order valence-corrected chi connectivity index (χ3v) is 5.83. The maximum absolute atomic E-state index is 10.6. The van der Waals surface area contributed by atoms with E-state index in [1.807, 2.05) is 66.2 Å². The van der Waals surface area contributed by atoms with Crippen LogP contribution in [0, 0.1) is 6.92 Å². The van der Waals surface area contributed by atoms with Crippen molar-refractivity contribution in [2.75, 3.05) is 26.9 Å². The molecule has 2 aromatic carbocycles. The number of ether oxygens (including phenoxy) is 3. The molecule has 1 aromatic heterocycles. The molecule has 7 heteroatoms. The lowest BCUT2D eigenvalue weighted by Gasteiger charge is -2.25. The molecule has 1 N–H and O–H groups in total. The first kappa shape index (κ1) is 24.0. The van der Waals surface area contributed by atoms with E-state index >= 15 is 0 Å². The Morgan fingerprint density at radius 1 is 1.15 bits per heavy atom. The van der Waals surface area contributed by atoms with Crippen molar-refractivity contribution in [3.8, 4) is 23.1 Å². The second-order valence-corrected chi connectivity index (χ2v) is 8.51. The van der Waals surface area contributed by atoms with E-state index < -0.39 is 6.10 Å². The van der Waals surface area contributed by atoms with Crippen LogP contribution in [0.2, 0.25) is 0 Å². The van der Waals surface area contributed by atoms with Gasteiger partial charge in [-0.15, -0.1) is 6.58 Å². The largest absolute Gasteiger partial charge is 0.493 e. The molecular weight excluding hydrogens is 430 g/mol. The van der Waals surface area contributed by atoms with E-state index in [2.05, 4.69) is 11.5 Å². The fourth-order valence-corrected chi connectivity index (χ4v) is 3.97. The van der Waals surface area contributed by atoms with Crippen LogP contribution in [0.1, 0.15) is 24.1 Å². The number of hydrogen-bond acceptors (Lipinski definition) is 6. The van der Waals surface area contributed by atoms with Crippen LogP contribution >= 0.6 is 0 Å². The number of nitrogens with zero attached hydrogens (tertiary/aromatic N) is 3. The van der Waals surface area contributed by atoms with Crippen molar-refractivity contribution in [3.05, 3.63) is 78.5 Å². The number of aromatic nitrogens is 2. The van der Waals surface area contributed by atoms with Crippen molar-refractivity contribution >= 4 is 0 Å². The Hall–Kier alpha value is -3.13. The summed E-state index contributed by atoms with van der Waals surface area (Å²) in [4.78, 5) is 2.30. The quantitative estimate of drug-likeness (QED) is 0.297. The molecule has 0 spiro atoms. The van der Waals surface area contributed by atoms with Crippen LogP contribution in [0.25, 0.3) is 5.69 Å². The van der Waals surface area contributed by atoms with Crippen molar-refractivity contribution in [2.24, 2.45) is 0 Å². The summed E-state index contributed by atoms with van der Waals surface area (Å²) in [5, 5.41) is 15.4. The Morgan fingerprint density at radius 2 is 1.85 bits per heavy atom. The van der Waals surface area contributed by atoms with E-state index in [1.54, 1.807) is 13.2 Å². The lowest BCUT2D eigenvalue weighted by molar-refractivity contribution is 0.0226. The Bertz CT molecular complexity index is 1080. The number of methoxy groups -OCH3 is 1. The molecule has 3 aromatic rings. The topological polar surface area (TPSA) is 69.0 Å². The zero-order valence-corrected chi connectivity index (χ0v) is 19.9. The minimum Gasteiger partial charge on any atom is -0.493 e. The molecule has 4 rings (SSSR count). The molecule has 1 heterocycles. The second-order valence-electron chi connectivity index (χ2n) is 8.51. The Kier molecular flexibility index (Phi) is 8.00. The van der Waals surface area contributed by atoms with Gasteiger partial charge >= 0.3 is 0 Å². The predicted octanol–water partition coefficient (Wildman–Crippen LogP) is 4.51. The first-order valence-corrected chi connectivity index (χ1v) is 11.7. The summed E-state index contributed by atoms with van der Waals surface area (Å²) in [5.74, 6) is 1.93. The van der Waals surface area contributed by atoms with Crippen LogP contribution in [0.4, 0.5) is 0 Å². The van der Waals surface area contributed by atoms with Crippen molar-refractivity contribution in [2.45, 2.75) is 38.5 Å². The number of para-hydroxylation sites is 3. The SMILES string of the molecule is C=CCOCC(O)CN(Cc1c(C)nn(-c2ccccc2)c1Oc1ccccc1OC)C1CC1. The van der Waals surface area contributed by atoms with Gasteiger partial charge in [0.25, 0.3) is 0 Å². The summed E-state index contributed by atoms with van der Waals surface area (Å²) in [6, 6.07) is 18.0. The molecule has 7 nitrogen and oxygen atoms in total. The normalized spacial score (nSPS) is 14.2. The standard InChI is InChI=1S/C27H33N3O4/c1-4-16-33-19-23(31)17-29(21-14-15-21)18-24-20(2)28-30(22-10-6-5-7-11-22)27(24)34-26-13-9-8-12-25(26)32-3/h4-13,21,23,31H,1,14-19H2,2-3H3. The average Bonchev–Trinajstić information content (AvgIpc) is 3.66. The minimum atomic E-state index is -0.580. The monoisotopic (exact) mass is 463 g/mol. The van der Waals surface area contributed by atoms with E-state index in [9.17, 15) is 5.11 Å². The number of benzene rings is 2. The minimum absolute atomic E-state index is 0.280. The number of hydrogen-bond donors (Lipinski definition) is 1. The molecule has 1 saturated carbocycles. The van der Waals surface area contributed by atoms with Crippen LogP contribution < -0.4 is 9.47 Å². The number of aliphatic hydroxyl groups is 1. The second kappa shape index (κ2) is 11.3. The maximum Gasteiger partial charge on any atom is 0.227 e. The van der Waals surface area contributed by atoms with Crippen LogP contribution in [0.3, 0.4) is 0 Å². The molecule has 1 unspecified atom stereocenters. The zero-order chi connectivity index (χ0) is 23.9. The summed E-state index contributed by atoms with van der Waals surface area (Å²) >= 11 is 0. The molecule has 1 atom stereocenters. The van der Waals surface area contributed by atoms with E-state index in [0.717, 1.165) is 29.8 Å². The first-order chi connectivity index (χ1) is 16.6. The number of aliphatic hydroxyl groups excluding tert-OH is 1. The third kappa shape index (κ3) is 5.86. The molecule has 180 valence electrons. The molecule has 0 aliphatic heterocycles. The highest BCUT2D eigenvalue weighted by atomic mass is 16.5. The smallest absolute Gasteiger partial charge is 0.227 e. The van der Waals surface area contributed by atoms with Gasteiger partial charge in [-0.25, -0.2) is 4.68 Å². The predicted molar refractivity (Wildman–Crippen MR) is 132 cm³/mol. The molecule has 1 aliphatic carbocycles. The van der Waals surface area contributed by atoms with Gasteiger partial charge in [-0.3, -0.25) is 4.90 Å². The van der Waals surface area contributed by atoms with Gasteiger partial charge in [-0.1, -0.05) is 36.4 Å². The lowest BCUT2D eigenvalue weighted by Crippen LogP contribution is -2.36. The summed E-state index contributed by atoms with van der Waals surface area (Å²) in [5.41, 5.74) is 2.79. The van der Waals surface area contributed by atoms with Crippen LogP contribution in [-0.2, 0) is 11.3 Å². The molecule has 0 saturated heterocycles. The highest BCUT2D eigenvalue weighted by molar-refractivity contribution is 5.47. The van der Waals surface area contributed by atoms with E-state index in [-0.39, 0.29) is 6.61 Å². The summed E-state index contributed by atoms with van der Waals surface area (Å²) in [6.45, 7) is 7.50. The number of rotatable bonds is 13. The van der Waals surface area contributed by atoms with Crippen molar-refractivity contribution < 1.29 is 19.3 Å². The molecule has 0 amide bonds. The van der Waals surface area contributed by atoms with E-state index in [1.165, 1.54) is 0 Å². The number of aryl methyl sites for hydroxylation is 1. The van der Waals surface area contributed by atoms with Gasteiger partial charge in [0.05, 0.1) is 43.4 Å². The van der Waals surface area contributed by atoms with Crippen molar-refractivity contribution in [1.82, 2.24) is 14.7 Å². The van der Waals surface area contributed by atoms with Gasteiger partial charge in [0.15, 0.2) is 11.5 Å². The maximum atomic E-state index is 10.6. The van der Waals surface area contributed by atoms with Crippen molar-refractivity contribution in [3.63, 3.8) is 0 Å². The van der Waals surface area contributed by atoms with Gasteiger partial charge in [0, 0.05) is 19.1 Å².